The van der Waals surface area contributed by atoms with Gasteiger partial charge in [-0.1, -0.05) is 24.5 Å². The number of benzene rings is 1. The molecule has 150 valence electrons. The first-order chi connectivity index (χ1) is 14.1. The highest BCUT2D eigenvalue weighted by atomic mass is 16.2. The molecule has 1 amide bonds. The number of carbonyl (C=O) groups is 1. The summed E-state index contributed by atoms with van der Waals surface area (Å²) in [5.41, 5.74) is 5.32. The zero-order chi connectivity index (χ0) is 20.4. The van der Waals surface area contributed by atoms with Crippen molar-refractivity contribution in [3.63, 3.8) is 0 Å². The number of amides is 1. The fraction of sp³-hybridized carbons (Fsp3) is 0.391. The van der Waals surface area contributed by atoms with Gasteiger partial charge in [0, 0.05) is 43.5 Å². The second-order valence-corrected chi connectivity index (χ2v) is 7.78. The van der Waals surface area contributed by atoms with Crippen LogP contribution < -0.4 is 5.32 Å². The van der Waals surface area contributed by atoms with Crippen molar-refractivity contribution in [3.8, 4) is 11.3 Å². The Balaban J connectivity index is 1.87. The van der Waals surface area contributed by atoms with Gasteiger partial charge in [0.15, 0.2) is 0 Å². The number of nitrogens with zero attached hydrogens (tertiary/aromatic N) is 4. The van der Waals surface area contributed by atoms with Crippen LogP contribution in [0.15, 0.2) is 30.6 Å². The molecule has 0 atom stereocenters. The summed E-state index contributed by atoms with van der Waals surface area (Å²) in [7, 11) is 1.78. The number of nitrogens with one attached hydrogen (secondary N) is 1. The topological polar surface area (TPSA) is 71.0 Å². The maximum absolute atomic E-state index is 13.5. The van der Waals surface area contributed by atoms with Crippen molar-refractivity contribution in [3.05, 3.63) is 47.3 Å². The number of aromatic nitrogens is 3. The van der Waals surface area contributed by atoms with E-state index < -0.39 is 0 Å². The zero-order valence-corrected chi connectivity index (χ0v) is 17.3. The van der Waals surface area contributed by atoms with Crippen LogP contribution in [-0.2, 0) is 0 Å². The predicted molar refractivity (Wildman–Crippen MR) is 116 cm³/mol. The van der Waals surface area contributed by atoms with Gasteiger partial charge in [-0.3, -0.25) is 4.79 Å². The monoisotopic (exact) mass is 389 g/mol. The van der Waals surface area contributed by atoms with Crippen LogP contribution >= 0.6 is 0 Å². The van der Waals surface area contributed by atoms with E-state index >= 15 is 0 Å². The molecule has 6 heteroatoms. The van der Waals surface area contributed by atoms with Crippen molar-refractivity contribution < 1.29 is 4.79 Å². The smallest absolute Gasteiger partial charge is 0.254 e. The Labute approximate surface area is 171 Å². The highest BCUT2D eigenvalue weighted by Gasteiger charge is 2.22. The predicted octanol–water partition coefficient (Wildman–Crippen LogP) is 4.37. The van der Waals surface area contributed by atoms with Crippen LogP contribution in [0.5, 0.6) is 0 Å². The lowest BCUT2D eigenvalue weighted by atomic mass is 9.99. The Morgan fingerprint density at radius 3 is 2.34 bits per heavy atom. The molecular formula is C23H27N5O. The summed E-state index contributed by atoms with van der Waals surface area (Å²) in [6.07, 6.45) is 8.02. The average Bonchev–Trinajstić information content (AvgIpc) is 3.02. The molecule has 1 aromatic carbocycles. The van der Waals surface area contributed by atoms with Crippen LogP contribution in [-0.4, -0.2) is 45.9 Å². The van der Waals surface area contributed by atoms with Crippen LogP contribution in [0.4, 0.5) is 5.95 Å². The number of fused-ring (bicyclic) bond motifs is 1. The molecule has 1 aliphatic heterocycles. The number of aryl methyl sites for hydroxylation is 2. The molecule has 2 aromatic heterocycles. The highest BCUT2D eigenvalue weighted by molar-refractivity contribution is 6.08. The molecule has 0 saturated carbocycles. The first kappa shape index (κ1) is 19.3. The van der Waals surface area contributed by atoms with E-state index in [0.29, 0.717) is 5.95 Å². The summed E-state index contributed by atoms with van der Waals surface area (Å²) in [6, 6.07) is 6.09. The number of hydrogen-bond donors (Lipinski definition) is 1. The molecule has 1 N–H and O–H groups in total. The number of anilines is 1. The van der Waals surface area contributed by atoms with Gasteiger partial charge in [0.25, 0.3) is 5.91 Å². The number of rotatable bonds is 3. The lowest BCUT2D eigenvalue weighted by Gasteiger charge is -2.22. The second kappa shape index (κ2) is 8.15. The maximum Gasteiger partial charge on any atom is 0.254 e. The molecule has 0 aliphatic carbocycles. The van der Waals surface area contributed by atoms with E-state index in [1.807, 2.05) is 17.9 Å². The third-order valence-electron chi connectivity index (χ3n) is 5.54. The molecule has 0 bridgehead atoms. The van der Waals surface area contributed by atoms with E-state index in [9.17, 15) is 4.79 Å². The van der Waals surface area contributed by atoms with E-state index in [1.165, 1.54) is 12.8 Å². The Morgan fingerprint density at radius 1 is 1.00 bits per heavy atom. The largest absolute Gasteiger partial charge is 0.357 e. The number of pyridine rings is 1. The van der Waals surface area contributed by atoms with Gasteiger partial charge >= 0.3 is 0 Å². The van der Waals surface area contributed by atoms with Crippen molar-refractivity contribution in [1.82, 2.24) is 19.9 Å². The van der Waals surface area contributed by atoms with Crippen LogP contribution in [0.2, 0.25) is 0 Å². The van der Waals surface area contributed by atoms with E-state index in [1.54, 1.807) is 19.4 Å². The second-order valence-electron chi connectivity index (χ2n) is 7.78. The van der Waals surface area contributed by atoms with Crippen LogP contribution in [0.3, 0.4) is 0 Å². The molecule has 0 radical (unpaired) electrons. The molecule has 29 heavy (non-hydrogen) atoms. The van der Waals surface area contributed by atoms with Crippen molar-refractivity contribution in [2.45, 2.75) is 39.5 Å². The average molecular weight is 390 g/mol. The molecule has 3 aromatic rings. The molecule has 1 aliphatic rings. The van der Waals surface area contributed by atoms with E-state index in [0.717, 1.165) is 64.8 Å². The summed E-state index contributed by atoms with van der Waals surface area (Å²) in [4.78, 5) is 29.0. The van der Waals surface area contributed by atoms with Crippen LogP contribution in [0.25, 0.3) is 22.2 Å². The standard InChI is InChI=1S/C23H27N5O/c1-15-10-16(2)21-18(11-15)19(22(29)28-8-6-4-5-7-9-28)12-20(27-21)17-13-25-23(24-3)26-14-17/h10-14H,4-9H2,1-3H3,(H,24,25,26). The molecule has 1 fully saturated rings. The minimum Gasteiger partial charge on any atom is -0.357 e. The number of carbonyl (C=O) groups excluding carboxylic acids is 1. The molecule has 0 unspecified atom stereocenters. The van der Waals surface area contributed by atoms with Gasteiger partial charge in [0.05, 0.1) is 16.8 Å². The van der Waals surface area contributed by atoms with Gasteiger partial charge in [-0.05, 0) is 44.4 Å². The van der Waals surface area contributed by atoms with Gasteiger partial charge < -0.3 is 10.2 Å². The Kier molecular flexibility index (Phi) is 5.43. The Bertz CT molecular complexity index is 1040. The maximum atomic E-state index is 13.5. The van der Waals surface area contributed by atoms with E-state index in [-0.39, 0.29) is 5.91 Å². The molecule has 3 heterocycles. The molecule has 1 saturated heterocycles. The van der Waals surface area contributed by atoms with Crippen molar-refractivity contribution >= 4 is 22.8 Å². The van der Waals surface area contributed by atoms with Gasteiger partial charge in [-0.25, -0.2) is 15.0 Å². The van der Waals surface area contributed by atoms with Crippen LogP contribution in [0.1, 0.15) is 47.2 Å². The lowest BCUT2D eigenvalue weighted by molar-refractivity contribution is 0.0763. The molecule has 4 rings (SSSR count). The fourth-order valence-electron chi connectivity index (χ4n) is 4.04. The molecule has 6 nitrogen and oxygen atoms in total. The van der Waals surface area contributed by atoms with Crippen molar-refractivity contribution in [2.75, 3.05) is 25.5 Å². The molecule has 0 spiro atoms. The third-order valence-corrected chi connectivity index (χ3v) is 5.54. The number of hydrogen-bond acceptors (Lipinski definition) is 5. The minimum atomic E-state index is 0.0957. The number of likely N-dealkylation sites (tertiary alicyclic amines) is 1. The Morgan fingerprint density at radius 2 is 1.69 bits per heavy atom. The van der Waals surface area contributed by atoms with Gasteiger partial charge in [-0.2, -0.15) is 0 Å². The summed E-state index contributed by atoms with van der Waals surface area (Å²) >= 11 is 0. The van der Waals surface area contributed by atoms with Crippen molar-refractivity contribution in [2.24, 2.45) is 0 Å². The quantitative estimate of drug-likeness (QED) is 0.720. The fourth-order valence-corrected chi connectivity index (χ4v) is 4.04. The van der Waals surface area contributed by atoms with E-state index in [4.69, 9.17) is 4.98 Å². The first-order valence-electron chi connectivity index (χ1n) is 10.3. The SMILES string of the molecule is CNc1ncc(-c2cc(C(=O)N3CCCCCC3)c3cc(C)cc(C)c3n2)cn1. The normalized spacial score (nSPS) is 14.7. The first-order valence-corrected chi connectivity index (χ1v) is 10.3. The summed E-state index contributed by atoms with van der Waals surface area (Å²) in [6.45, 7) is 5.75. The van der Waals surface area contributed by atoms with Gasteiger partial charge in [0.2, 0.25) is 5.95 Å². The van der Waals surface area contributed by atoms with Gasteiger partial charge in [0.1, 0.15) is 0 Å². The third kappa shape index (κ3) is 3.92. The van der Waals surface area contributed by atoms with Gasteiger partial charge in [-0.15, -0.1) is 0 Å². The summed E-state index contributed by atoms with van der Waals surface area (Å²) < 4.78 is 0. The summed E-state index contributed by atoms with van der Waals surface area (Å²) in [5.74, 6) is 0.653. The van der Waals surface area contributed by atoms with Crippen LogP contribution in [0, 0.1) is 13.8 Å². The zero-order valence-electron chi connectivity index (χ0n) is 17.3. The van der Waals surface area contributed by atoms with E-state index in [2.05, 4.69) is 34.3 Å². The Hall–Kier alpha value is -3.02. The highest BCUT2D eigenvalue weighted by Crippen LogP contribution is 2.29. The summed E-state index contributed by atoms with van der Waals surface area (Å²) in [5, 5.41) is 3.85. The van der Waals surface area contributed by atoms with Crippen molar-refractivity contribution in [1.29, 1.82) is 0 Å². The minimum absolute atomic E-state index is 0.0957. The molecular weight excluding hydrogens is 362 g/mol. The lowest BCUT2D eigenvalue weighted by Crippen LogP contribution is -2.32.